The number of aromatic nitrogens is 1. The standard InChI is InChI=1S/C35H34N2O4S/c1-26-33(36-35(42-26)29-9-5-3-6-10-29)21-22-40-30-17-13-27(14-18-30)23-37(25-34(38)39-2)24-28-15-19-32(20-16-28)41-31-11-7-4-8-12-31/h3-20H,21-25H2,1-2H3. The van der Waals surface area contributed by atoms with Crippen LogP contribution in [0.3, 0.4) is 0 Å². The number of ether oxygens (including phenoxy) is 3. The third-order valence-electron chi connectivity index (χ3n) is 6.74. The van der Waals surface area contributed by atoms with E-state index < -0.39 is 0 Å². The van der Waals surface area contributed by atoms with E-state index in [4.69, 9.17) is 19.2 Å². The van der Waals surface area contributed by atoms with Crippen LogP contribution in [0.25, 0.3) is 10.6 Å². The van der Waals surface area contributed by atoms with Crippen LogP contribution in [0, 0.1) is 6.92 Å². The molecule has 0 atom stereocenters. The highest BCUT2D eigenvalue weighted by Crippen LogP contribution is 2.28. The van der Waals surface area contributed by atoms with Gasteiger partial charge < -0.3 is 14.2 Å². The molecule has 0 fully saturated rings. The molecule has 0 aliphatic carbocycles. The number of methoxy groups -OCH3 is 1. The number of benzene rings is 4. The number of nitrogens with zero attached hydrogens (tertiary/aromatic N) is 2. The largest absolute Gasteiger partial charge is 0.493 e. The summed E-state index contributed by atoms with van der Waals surface area (Å²) in [7, 11) is 1.41. The first-order chi connectivity index (χ1) is 20.6. The number of rotatable bonds is 13. The minimum atomic E-state index is -0.272. The molecule has 6 nitrogen and oxygen atoms in total. The Hall–Kier alpha value is -4.46. The van der Waals surface area contributed by atoms with Crippen molar-refractivity contribution in [2.45, 2.75) is 26.4 Å². The zero-order chi connectivity index (χ0) is 29.1. The Morgan fingerprint density at radius 3 is 1.95 bits per heavy atom. The van der Waals surface area contributed by atoms with E-state index in [0.29, 0.717) is 19.7 Å². The van der Waals surface area contributed by atoms with Crippen molar-refractivity contribution in [1.82, 2.24) is 9.88 Å². The lowest BCUT2D eigenvalue weighted by Gasteiger charge is -2.21. The van der Waals surface area contributed by atoms with Gasteiger partial charge in [-0.3, -0.25) is 9.69 Å². The molecule has 0 aliphatic rings. The monoisotopic (exact) mass is 578 g/mol. The molecule has 0 saturated carbocycles. The summed E-state index contributed by atoms with van der Waals surface area (Å²) in [5, 5.41) is 1.04. The number of carbonyl (C=O) groups is 1. The number of aryl methyl sites for hydroxylation is 1. The maximum Gasteiger partial charge on any atom is 0.319 e. The lowest BCUT2D eigenvalue weighted by atomic mass is 10.1. The van der Waals surface area contributed by atoms with Gasteiger partial charge in [-0.2, -0.15) is 0 Å². The first-order valence-electron chi connectivity index (χ1n) is 13.9. The van der Waals surface area contributed by atoms with Crippen LogP contribution in [0.4, 0.5) is 0 Å². The Kier molecular flexibility index (Phi) is 9.98. The van der Waals surface area contributed by atoms with Crippen molar-refractivity contribution in [3.8, 4) is 27.8 Å². The Morgan fingerprint density at radius 1 is 0.762 bits per heavy atom. The highest BCUT2D eigenvalue weighted by molar-refractivity contribution is 7.15. The molecule has 1 aromatic heterocycles. The second-order valence-corrected chi connectivity index (χ2v) is 11.1. The summed E-state index contributed by atoms with van der Waals surface area (Å²) >= 11 is 1.72. The van der Waals surface area contributed by atoms with Crippen molar-refractivity contribution < 1.29 is 19.0 Å². The summed E-state index contributed by atoms with van der Waals surface area (Å²) < 4.78 is 16.9. The van der Waals surface area contributed by atoms with Crippen molar-refractivity contribution in [3.05, 3.63) is 131 Å². The summed E-state index contributed by atoms with van der Waals surface area (Å²) in [6.45, 7) is 4.04. The normalized spacial score (nSPS) is 10.9. The Morgan fingerprint density at radius 2 is 1.33 bits per heavy atom. The van der Waals surface area contributed by atoms with Crippen LogP contribution in [-0.2, 0) is 29.0 Å². The summed E-state index contributed by atoms with van der Waals surface area (Å²) in [4.78, 5) is 20.3. The predicted molar refractivity (Wildman–Crippen MR) is 167 cm³/mol. The van der Waals surface area contributed by atoms with Gasteiger partial charge in [0.25, 0.3) is 0 Å². The molecule has 0 spiro atoms. The number of esters is 1. The highest BCUT2D eigenvalue weighted by Gasteiger charge is 2.14. The molecule has 5 aromatic rings. The Bertz CT molecular complexity index is 1550. The average molecular weight is 579 g/mol. The van der Waals surface area contributed by atoms with Crippen LogP contribution in [0.5, 0.6) is 17.2 Å². The molecule has 0 bridgehead atoms. The molecular weight excluding hydrogens is 544 g/mol. The topological polar surface area (TPSA) is 60.9 Å². The van der Waals surface area contributed by atoms with E-state index in [1.54, 1.807) is 11.3 Å². The zero-order valence-corrected chi connectivity index (χ0v) is 24.7. The molecule has 0 aliphatic heterocycles. The number of para-hydroxylation sites is 1. The quantitative estimate of drug-likeness (QED) is 0.133. The molecule has 0 unspecified atom stereocenters. The van der Waals surface area contributed by atoms with E-state index in [-0.39, 0.29) is 12.5 Å². The van der Waals surface area contributed by atoms with Crippen LogP contribution in [-0.4, -0.2) is 36.1 Å². The van der Waals surface area contributed by atoms with Gasteiger partial charge in [0.15, 0.2) is 0 Å². The molecule has 4 aromatic carbocycles. The van der Waals surface area contributed by atoms with Crippen LogP contribution in [0.15, 0.2) is 109 Å². The summed E-state index contributed by atoms with van der Waals surface area (Å²) in [5.41, 5.74) is 4.38. The number of hydrogen-bond acceptors (Lipinski definition) is 7. The van der Waals surface area contributed by atoms with Crippen molar-refractivity contribution in [2.75, 3.05) is 20.3 Å². The van der Waals surface area contributed by atoms with Gasteiger partial charge >= 0.3 is 5.97 Å². The molecule has 0 amide bonds. The lowest BCUT2D eigenvalue weighted by molar-refractivity contribution is -0.142. The second kappa shape index (κ2) is 14.4. The third kappa shape index (κ3) is 8.28. The maximum atomic E-state index is 12.1. The fourth-order valence-electron chi connectivity index (χ4n) is 4.54. The average Bonchev–Trinajstić information content (AvgIpc) is 3.40. The molecule has 0 radical (unpaired) electrons. The third-order valence-corrected chi connectivity index (χ3v) is 7.80. The molecule has 0 N–H and O–H groups in total. The van der Waals surface area contributed by atoms with Crippen LogP contribution in [0.1, 0.15) is 21.7 Å². The van der Waals surface area contributed by atoms with Crippen LogP contribution in [0.2, 0.25) is 0 Å². The van der Waals surface area contributed by atoms with Crippen molar-refractivity contribution in [1.29, 1.82) is 0 Å². The molecule has 5 rings (SSSR count). The summed E-state index contributed by atoms with van der Waals surface area (Å²) in [6.07, 6.45) is 0.749. The molecular formula is C35H34N2O4S. The highest BCUT2D eigenvalue weighted by atomic mass is 32.1. The van der Waals surface area contributed by atoms with Crippen LogP contribution < -0.4 is 9.47 Å². The van der Waals surface area contributed by atoms with Gasteiger partial charge in [0.1, 0.15) is 22.3 Å². The van der Waals surface area contributed by atoms with E-state index in [2.05, 4.69) is 24.0 Å². The van der Waals surface area contributed by atoms with Crippen molar-refractivity contribution in [3.63, 3.8) is 0 Å². The predicted octanol–water partition coefficient (Wildman–Crippen LogP) is 7.71. The van der Waals surface area contributed by atoms with Gasteiger partial charge in [-0.15, -0.1) is 11.3 Å². The van der Waals surface area contributed by atoms with Gasteiger partial charge in [0.2, 0.25) is 0 Å². The fraction of sp³-hybridized carbons (Fsp3) is 0.200. The minimum Gasteiger partial charge on any atom is -0.493 e. The first-order valence-corrected chi connectivity index (χ1v) is 14.7. The summed E-state index contributed by atoms with van der Waals surface area (Å²) in [6, 6.07) is 35.9. The van der Waals surface area contributed by atoms with E-state index >= 15 is 0 Å². The zero-order valence-electron chi connectivity index (χ0n) is 23.9. The molecule has 0 saturated heterocycles. The van der Waals surface area contributed by atoms with E-state index in [0.717, 1.165) is 51.1 Å². The SMILES string of the molecule is COC(=O)CN(Cc1ccc(OCCc2nc(-c3ccccc3)sc2C)cc1)Cc1ccc(Oc2ccccc2)cc1. The van der Waals surface area contributed by atoms with E-state index in [9.17, 15) is 4.79 Å². The first kappa shape index (κ1) is 29.0. The lowest BCUT2D eigenvalue weighted by Crippen LogP contribution is -2.29. The number of hydrogen-bond donors (Lipinski definition) is 0. The van der Waals surface area contributed by atoms with Crippen LogP contribution >= 0.6 is 11.3 Å². The molecule has 214 valence electrons. The molecule has 1 heterocycles. The fourth-order valence-corrected chi connectivity index (χ4v) is 5.50. The molecule has 7 heteroatoms. The van der Waals surface area contributed by atoms with Gasteiger partial charge in [0, 0.05) is 30.0 Å². The number of thiazole rings is 1. The van der Waals surface area contributed by atoms with Gasteiger partial charge in [0.05, 0.1) is 26.0 Å². The van der Waals surface area contributed by atoms with E-state index in [1.165, 1.54) is 12.0 Å². The molecule has 42 heavy (non-hydrogen) atoms. The van der Waals surface area contributed by atoms with Crippen molar-refractivity contribution >= 4 is 17.3 Å². The van der Waals surface area contributed by atoms with Gasteiger partial charge in [-0.05, 0) is 54.4 Å². The maximum absolute atomic E-state index is 12.1. The second-order valence-electron chi connectivity index (χ2n) is 9.91. The van der Waals surface area contributed by atoms with Gasteiger partial charge in [-0.1, -0.05) is 72.8 Å². The van der Waals surface area contributed by atoms with Crippen molar-refractivity contribution in [2.24, 2.45) is 0 Å². The Labute approximate surface area is 251 Å². The van der Waals surface area contributed by atoms with E-state index in [1.807, 2.05) is 97.1 Å². The smallest absolute Gasteiger partial charge is 0.319 e. The Balaban J connectivity index is 1.15. The number of carbonyl (C=O) groups excluding carboxylic acids is 1. The minimum absolute atomic E-state index is 0.189. The van der Waals surface area contributed by atoms with Gasteiger partial charge in [-0.25, -0.2) is 4.98 Å². The summed E-state index contributed by atoms with van der Waals surface area (Å²) in [5.74, 6) is 2.09.